The van der Waals surface area contributed by atoms with E-state index in [0.29, 0.717) is 0 Å². The first-order chi connectivity index (χ1) is 10.4. The van der Waals surface area contributed by atoms with Crippen molar-refractivity contribution in [2.45, 2.75) is 51.5 Å². The van der Waals surface area contributed by atoms with Crippen molar-refractivity contribution in [3.63, 3.8) is 0 Å². The van der Waals surface area contributed by atoms with Gasteiger partial charge in [0.15, 0.2) is 0 Å². The molecule has 0 amide bonds. The molecule has 1 aliphatic rings. The second-order valence-electron chi connectivity index (χ2n) is 6.33. The van der Waals surface area contributed by atoms with E-state index in [1.165, 1.54) is 49.5 Å². The Labute approximate surface area is 128 Å². The molecule has 2 unspecified atom stereocenters. The molecule has 2 atom stereocenters. The minimum atomic E-state index is 0.718. The second kappa shape index (κ2) is 7.04. The number of aromatic nitrogens is 1. The van der Waals surface area contributed by atoms with Crippen molar-refractivity contribution in [3.05, 3.63) is 42.1 Å². The van der Waals surface area contributed by atoms with Gasteiger partial charge in [-0.25, -0.2) is 0 Å². The maximum atomic E-state index is 4.49. The van der Waals surface area contributed by atoms with E-state index in [-0.39, 0.29) is 0 Å². The molecule has 1 aliphatic carbocycles. The number of pyridine rings is 1. The molecular formula is C19H26N2. The lowest BCUT2D eigenvalue weighted by molar-refractivity contribution is 0.390. The van der Waals surface area contributed by atoms with Crippen LogP contribution in [0.3, 0.4) is 0 Å². The van der Waals surface area contributed by atoms with Crippen LogP contribution in [0.5, 0.6) is 0 Å². The molecule has 2 heteroatoms. The quantitative estimate of drug-likeness (QED) is 0.844. The smallest absolute Gasteiger partial charge is 0.0704 e. The first-order valence-electron chi connectivity index (χ1n) is 8.43. The zero-order chi connectivity index (χ0) is 14.5. The van der Waals surface area contributed by atoms with Gasteiger partial charge in [-0.1, -0.05) is 44.4 Å². The summed E-state index contributed by atoms with van der Waals surface area (Å²) in [4.78, 5) is 4.49. The van der Waals surface area contributed by atoms with Crippen molar-refractivity contribution in [2.75, 3.05) is 6.54 Å². The molecule has 3 rings (SSSR count). The van der Waals surface area contributed by atoms with E-state index >= 15 is 0 Å². The molecule has 2 aromatic rings. The molecule has 1 fully saturated rings. The van der Waals surface area contributed by atoms with Gasteiger partial charge in [-0.2, -0.15) is 0 Å². The van der Waals surface area contributed by atoms with Crippen molar-refractivity contribution in [3.8, 4) is 0 Å². The van der Waals surface area contributed by atoms with Crippen LogP contribution in [0.4, 0.5) is 0 Å². The summed E-state index contributed by atoms with van der Waals surface area (Å²) in [5.41, 5.74) is 2.61. The predicted octanol–water partition coefficient (Wildman–Crippen LogP) is 4.34. The number of nitrogens with zero attached hydrogens (tertiary/aromatic N) is 1. The number of hydrogen-bond acceptors (Lipinski definition) is 2. The van der Waals surface area contributed by atoms with Crippen LogP contribution < -0.4 is 5.32 Å². The van der Waals surface area contributed by atoms with Crippen molar-refractivity contribution in [1.82, 2.24) is 10.3 Å². The van der Waals surface area contributed by atoms with Crippen LogP contribution in [0.25, 0.3) is 10.9 Å². The molecule has 0 aliphatic heterocycles. The fraction of sp³-hybridized carbons (Fsp3) is 0.526. The largest absolute Gasteiger partial charge is 0.314 e. The third kappa shape index (κ3) is 3.62. The van der Waals surface area contributed by atoms with Gasteiger partial charge in [0, 0.05) is 17.6 Å². The van der Waals surface area contributed by atoms with Crippen LogP contribution in [-0.2, 0) is 6.42 Å². The molecule has 2 nitrogen and oxygen atoms in total. The normalized spacial score (nSPS) is 23.1. The number of benzene rings is 1. The molecular weight excluding hydrogens is 256 g/mol. The standard InChI is InChI=1S/C19H26N2/c1-2-20-17-8-4-3-7-15(14-17)13-16-11-12-21-19-10-6-5-9-18(16)19/h5-6,9-12,15,17,20H,2-4,7-8,13-14H2,1H3. The average Bonchev–Trinajstić information content (AvgIpc) is 2.73. The minimum Gasteiger partial charge on any atom is -0.314 e. The van der Waals surface area contributed by atoms with E-state index in [1.807, 2.05) is 6.20 Å². The first-order valence-corrected chi connectivity index (χ1v) is 8.43. The number of nitrogens with one attached hydrogen (secondary N) is 1. The summed E-state index contributed by atoms with van der Waals surface area (Å²) >= 11 is 0. The molecule has 0 spiro atoms. The molecule has 112 valence electrons. The lowest BCUT2D eigenvalue weighted by Crippen LogP contribution is -2.30. The number of hydrogen-bond donors (Lipinski definition) is 1. The van der Waals surface area contributed by atoms with Gasteiger partial charge in [-0.3, -0.25) is 4.98 Å². The highest BCUT2D eigenvalue weighted by molar-refractivity contribution is 5.81. The van der Waals surface area contributed by atoms with E-state index in [9.17, 15) is 0 Å². The van der Waals surface area contributed by atoms with Gasteiger partial charge >= 0.3 is 0 Å². The SMILES string of the molecule is CCNC1CCCCC(Cc2ccnc3ccccc23)C1. The van der Waals surface area contributed by atoms with Crippen LogP contribution in [0.2, 0.25) is 0 Å². The zero-order valence-electron chi connectivity index (χ0n) is 13.0. The summed E-state index contributed by atoms with van der Waals surface area (Å²) in [7, 11) is 0. The van der Waals surface area contributed by atoms with Crippen LogP contribution in [0.15, 0.2) is 36.5 Å². The minimum absolute atomic E-state index is 0.718. The fourth-order valence-electron chi connectivity index (χ4n) is 3.77. The number of rotatable bonds is 4. The lowest BCUT2D eigenvalue weighted by Gasteiger charge is -2.21. The van der Waals surface area contributed by atoms with Gasteiger partial charge in [0.05, 0.1) is 5.52 Å². The van der Waals surface area contributed by atoms with E-state index in [2.05, 4.69) is 47.6 Å². The summed E-state index contributed by atoms with van der Waals surface area (Å²) in [6.45, 7) is 3.31. The molecule has 1 saturated carbocycles. The molecule has 1 heterocycles. The van der Waals surface area contributed by atoms with E-state index in [1.54, 1.807) is 0 Å². The molecule has 1 aromatic heterocycles. The Hall–Kier alpha value is -1.41. The predicted molar refractivity (Wildman–Crippen MR) is 89.5 cm³/mol. The lowest BCUT2D eigenvalue weighted by atomic mass is 9.90. The van der Waals surface area contributed by atoms with Gasteiger partial charge in [-0.05, 0) is 49.4 Å². The van der Waals surface area contributed by atoms with E-state index in [0.717, 1.165) is 24.0 Å². The van der Waals surface area contributed by atoms with E-state index in [4.69, 9.17) is 0 Å². The molecule has 0 saturated heterocycles. The number of para-hydroxylation sites is 1. The molecule has 1 aromatic carbocycles. The summed E-state index contributed by atoms with van der Waals surface area (Å²) in [5, 5.41) is 5.00. The maximum Gasteiger partial charge on any atom is 0.0704 e. The van der Waals surface area contributed by atoms with Gasteiger partial charge in [0.25, 0.3) is 0 Å². The molecule has 1 N–H and O–H groups in total. The highest BCUT2D eigenvalue weighted by Gasteiger charge is 2.20. The van der Waals surface area contributed by atoms with Crippen LogP contribution >= 0.6 is 0 Å². The summed E-state index contributed by atoms with van der Waals surface area (Å²) in [6.07, 6.45) is 9.98. The monoisotopic (exact) mass is 282 g/mol. The maximum absolute atomic E-state index is 4.49. The van der Waals surface area contributed by atoms with Gasteiger partial charge in [0.1, 0.15) is 0 Å². The fourth-order valence-corrected chi connectivity index (χ4v) is 3.77. The Bertz CT molecular complexity index is 573. The van der Waals surface area contributed by atoms with Gasteiger partial charge < -0.3 is 5.32 Å². The Morgan fingerprint density at radius 1 is 1.14 bits per heavy atom. The van der Waals surface area contributed by atoms with Crippen LogP contribution in [0.1, 0.15) is 44.6 Å². The highest BCUT2D eigenvalue weighted by Crippen LogP contribution is 2.28. The summed E-state index contributed by atoms with van der Waals surface area (Å²) in [6, 6.07) is 11.5. The third-order valence-corrected chi connectivity index (χ3v) is 4.77. The van der Waals surface area contributed by atoms with Crippen LogP contribution in [0, 0.1) is 5.92 Å². The average molecular weight is 282 g/mol. The van der Waals surface area contributed by atoms with Crippen molar-refractivity contribution >= 4 is 10.9 Å². The Morgan fingerprint density at radius 3 is 2.90 bits per heavy atom. The molecule has 21 heavy (non-hydrogen) atoms. The van der Waals surface area contributed by atoms with Crippen molar-refractivity contribution in [2.24, 2.45) is 5.92 Å². The Balaban J connectivity index is 1.77. The molecule has 0 bridgehead atoms. The topological polar surface area (TPSA) is 24.9 Å². The Kier molecular flexibility index (Phi) is 4.87. The first kappa shape index (κ1) is 14.5. The molecule has 0 radical (unpaired) electrons. The zero-order valence-corrected chi connectivity index (χ0v) is 13.0. The van der Waals surface area contributed by atoms with Crippen molar-refractivity contribution in [1.29, 1.82) is 0 Å². The van der Waals surface area contributed by atoms with Gasteiger partial charge in [-0.15, -0.1) is 0 Å². The van der Waals surface area contributed by atoms with Crippen LogP contribution in [-0.4, -0.2) is 17.6 Å². The Morgan fingerprint density at radius 2 is 2.00 bits per heavy atom. The third-order valence-electron chi connectivity index (χ3n) is 4.77. The van der Waals surface area contributed by atoms with E-state index < -0.39 is 0 Å². The number of fused-ring (bicyclic) bond motifs is 1. The second-order valence-corrected chi connectivity index (χ2v) is 6.33. The van der Waals surface area contributed by atoms with Gasteiger partial charge in [0.2, 0.25) is 0 Å². The summed E-state index contributed by atoms with van der Waals surface area (Å²) in [5.74, 6) is 0.808. The van der Waals surface area contributed by atoms with Crippen molar-refractivity contribution < 1.29 is 0 Å². The highest BCUT2D eigenvalue weighted by atomic mass is 14.9. The summed E-state index contributed by atoms with van der Waals surface area (Å²) < 4.78 is 0.